The minimum atomic E-state index is -1.20. The first kappa shape index (κ1) is 16.6. The first-order valence-corrected chi connectivity index (χ1v) is 6.95. The normalized spacial score (nSPS) is 11.8. The summed E-state index contributed by atoms with van der Waals surface area (Å²) in [4.78, 5) is 11.2. The van der Waals surface area contributed by atoms with Gasteiger partial charge in [-0.25, -0.2) is 4.39 Å². The van der Waals surface area contributed by atoms with E-state index in [-0.39, 0.29) is 23.7 Å². The Hall–Kier alpha value is -1.47. The molecule has 0 amide bonds. The second-order valence-electron chi connectivity index (χ2n) is 3.70. The third kappa shape index (κ3) is 4.28. The van der Waals surface area contributed by atoms with E-state index in [0.717, 1.165) is 17.8 Å². The number of carbonyl (C=O) groups is 1. The number of esters is 1. The van der Waals surface area contributed by atoms with Crippen molar-refractivity contribution >= 4 is 17.7 Å². The number of halogens is 1. The maximum Gasteiger partial charge on any atom is 0.315 e. The molecule has 0 bridgehead atoms. The van der Waals surface area contributed by atoms with Crippen molar-refractivity contribution < 1.29 is 28.5 Å². The van der Waals surface area contributed by atoms with Gasteiger partial charge in [0.05, 0.1) is 26.6 Å². The lowest BCUT2D eigenvalue weighted by molar-refractivity contribution is -0.139. The first-order valence-electron chi connectivity index (χ1n) is 5.90. The van der Waals surface area contributed by atoms with E-state index in [2.05, 4.69) is 0 Å². The Bertz CT molecular complexity index is 466. The average molecular weight is 304 g/mol. The fourth-order valence-electron chi connectivity index (χ4n) is 1.50. The summed E-state index contributed by atoms with van der Waals surface area (Å²) in [6.45, 7) is 1.95. The molecule has 20 heavy (non-hydrogen) atoms. The molecular formula is C13H17FO5S. The van der Waals surface area contributed by atoms with Crippen molar-refractivity contribution in [1.82, 2.24) is 0 Å². The highest BCUT2D eigenvalue weighted by Gasteiger charge is 2.19. The van der Waals surface area contributed by atoms with Crippen LogP contribution in [0.25, 0.3) is 0 Å². The van der Waals surface area contributed by atoms with Gasteiger partial charge in [-0.05, 0) is 13.0 Å². The van der Waals surface area contributed by atoms with E-state index in [0.29, 0.717) is 5.75 Å². The first-order chi connectivity index (χ1) is 9.53. The number of hydrogen-bond donors (Lipinski definition) is 1. The molecule has 0 spiro atoms. The van der Waals surface area contributed by atoms with Crippen LogP contribution in [0, 0.1) is 5.82 Å². The van der Waals surface area contributed by atoms with Gasteiger partial charge in [0.25, 0.3) is 0 Å². The second-order valence-corrected chi connectivity index (χ2v) is 4.77. The minimum absolute atomic E-state index is 0.0250. The minimum Gasteiger partial charge on any atom is -0.493 e. The maximum atomic E-state index is 13.9. The van der Waals surface area contributed by atoms with Crippen LogP contribution in [0.1, 0.15) is 17.9 Å². The van der Waals surface area contributed by atoms with Crippen LogP contribution < -0.4 is 9.47 Å². The number of hydrogen-bond acceptors (Lipinski definition) is 6. The van der Waals surface area contributed by atoms with Gasteiger partial charge in [0.2, 0.25) is 0 Å². The predicted octanol–water partition coefficient (Wildman–Crippen LogP) is 2.13. The molecule has 1 aromatic rings. The number of benzene rings is 1. The molecule has 7 heteroatoms. The van der Waals surface area contributed by atoms with Crippen molar-refractivity contribution in [1.29, 1.82) is 0 Å². The summed E-state index contributed by atoms with van der Waals surface area (Å²) < 4.78 is 28.6. The molecule has 0 saturated heterocycles. The van der Waals surface area contributed by atoms with Crippen molar-refractivity contribution in [3.05, 3.63) is 23.5 Å². The van der Waals surface area contributed by atoms with E-state index in [9.17, 15) is 14.3 Å². The summed E-state index contributed by atoms with van der Waals surface area (Å²) in [5, 5.41) is 9.92. The number of ether oxygens (including phenoxy) is 3. The predicted molar refractivity (Wildman–Crippen MR) is 73.6 cm³/mol. The number of carbonyl (C=O) groups excluding carboxylic acids is 1. The van der Waals surface area contributed by atoms with Gasteiger partial charge in [-0.1, -0.05) is 0 Å². The van der Waals surface area contributed by atoms with Gasteiger partial charge in [0, 0.05) is 11.6 Å². The molecule has 0 aliphatic carbocycles. The smallest absolute Gasteiger partial charge is 0.315 e. The summed E-state index contributed by atoms with van der Waals surface area (Å²) in [7, 11) is 2.81. The topological polar surface area (TPSA) is 65.0 Å². The number of rotatable bonds is 7. The molecule has 5 nitrogen and oxygen atoms in total. The van der Waals surface area contributed by atoms with Gasteiger partial charge in [-0.3, -0.25) is 4.79 Å². The Kier molecular flexibility index (Phi) is 6.60. The van der Waals surface area contributed by atoms with Crippen LogP contribution in [0.15, 0.2) is 12.1 Å². The average Bonchev–Trinajstić information content (AvgIpc) is 2.44. The Morgan fingerprint density at radius 3 is 2.50 bits per heavy atom. The van der Waals surface area contributed by atoms with Crippen molar-refractivity contribution in [2.45, 2.75) is 12.4 Å². The van der Waals surface area contributed by atoms with Gasteiger partial charge in [-0.2, -0.15) is 0 Å². The van der Waals surface area contributed by atoms with Gasteiger partial charge in [-0.15, -0.1) is 11.8 Å². The summed E-state index contributed by atoms with van der Waals surface area (Å²) in [6.07, 6.45) is 0. The third-order valence-electron chi connectivity index (χ3n) is 2.43. The van der Waals surface area contributed by atoms with Crippen LogP contribution in [0.3, 0.4) is 0 Å². The molecule has 0 aliphatic rings. The lowest BCUT2D eigenvalue weighted by Gasteiger charge is -2.14. The van der Waals surface area contributed by atoms with E-state index in [1.54, 1.807) is 6.92 Å². The molecule has 112 valence electrons. The zero-order valence-corrected chi connectivity index (χ0v) is 12.3. The van der Waals surface area contributed by atoms with Gasteiger partial charge in [0.15, 0.2) is 11.5 Å². The van der Waals surface area contributed by atoms with E-state index < -0.39 is 17.2 Å². The van der Waals surface area contributed by atoms with Gasteiger partial charge < -0.3 is 19.3 Å². The largest absolute Gasteiger partial charge is 0.493 e. The van der Waals surface area contributed by atoms with Crippen LogP contribution in [-0.2, 0) is 9.53 Å². The van der Waals surface area contributed by atoms with Crippen LogP contribution >= 0.6 is 11.8 Å². The maximum absolute atomic E-state index is 13.9. The zero-order valence-electron chi connectivity index (χ0n) is 11.5. The van der Waals surface area contributed by atoms with E-state index in [4.69, 9.17) is 14.2 Å². The van der Waals surface area contributed by atoms with Crippen LogP contribution in [-0.4, -0.2) is 37.7 Å². The molecule has 1 unspecified atom stereocenters. The van der Waals surface area contributed by atoms with Gasteiger partial charge in [0.1, 0.15) is 11.3 Å². The molecule has 0 saturated carbocycles. The molecule has 0 radical (unpaired) electrons. The monoisotopic (exact) mass is 304 g/mol. The van der Waals surface area contributed by atoms with Crippen molar-refractivity contribution in [3.8, 4) is 11.5 Å². The van der Waals surface area contributed by atoms with E-state index in [1.807, 2.05) is 0 Å². The molecule has 0 heterocycles. The third-order valence-corrected chi connectivity index (χ3v) is 3.41. The molecule has 1 N–H and O–H groups in total. The lowest BCUT2D eigenvalue weighted by atomic mass is 10.2. The Morgan fingerprint density at radius 2 is 1.95 bits per heavy atom. The molecule has 0 fully saturated rings. The standard InChI is InChI=1S/C13H17FO5S/c1-4-19-12(15)7-20-13(16)8-5-10(17-2)11(18-3)6-9(8)14/h5-6,13,16H,4,7H2,1-3H3. The fraction of sp³-hybridized carbons (Fsp3) is 0.462. The second kappa shape index (κ2) is 7.96. The van der Waals surface area contributed by atoms with E-state index >= 15 is 0 Å². The molecule has 1 atom stereocenters. The van der Waals surface area contributed by atoms with Crippen LogP contribution in [0.5, 0.6) is 11.5 Å². The fourth-order valence-corrected chi connectivity index (χ4v) is 2.24. The zero-order chi connectivity index (χ0) is 15.1. The number of aliphatic hydroxyl groups excluding tert-OH is 1. The van der Waals surface area contributed by atoms with Crippen LogP contribution in [0.2, 0.25) is 0 Å². The van der Waals surface area contributed by atoms with Crippen molar-refractivity contribution in [3.63, 3.8) is 0 Å². The molecule has 0 aromatic heterocycles. The van der Waals surface area contributed by atoms with Crippen molar-refractivity contribution in [2.75, 3.05) is 26.6 Å². The molecule has 0 aliphatic heterocycles. The van der Waals surface area contributed by atoms with Gasteiger partial charge >= 0.3 is 5.97 Å². The highest BCUT2D eigenvalue weighted by Crippen LogP contribution is 2.36. The van der Waals surface area contributed by atoms with E-state index in [1.165, 1.54) is 20.3 Å². The summed E-state index contributed by atoms with van der Waals surface area (Å²) >= 11 is 0.869. The molecule has 1 aromatic carbocycles. The Morgan fingerprint density at radius 1 is 1.35 bits per heavy atom. The Balaban J connectivity index is 2.82. The molecular weight excluding hydrogens is 287 g/mol. The quantitative estimate of drug-likeness (QED) is 0.615. The lowest BCUT2D eigenvalue weighted by Crippen LogP contribution is -2.09. The Labute approximate surface area is 121 Å². The highest BCUT2D eigenvalue weighted by molar-refractivity contribution is 8.00. The number of aliphatic hydroxyl groups is 1. The SMILES string of the molecule is CCOC(=O)CSC(O)c1cc(OC)c(OC)cc1F. The summed E-state index contributed by atoms with van der Waals surface area (Å²) in [6, 6.07) is 2.47. The van der Waals surface area contributed by atoms with Crippen LogP contribution in [0.4, 0.5) is 4.39 Å². The number of thioether (sulfide) groups is 1. The molecule has 1 rings (SSSR count). The van der Waals surface area contributed by atoms with Crippen molar-refractivity contribution in [2.24, 2.45) is 0 Å². The highest BCUT2D eigenvalue weighted by atomic mass is 32.2. The summed E-state index contributed by atoms with van der Waals surface area (Å²) in [5.41, 5.74) is -1.17. The number of methoxy groups -OCH3 is 2. The summed E-state index contributed by atoms with van der Waals surface area (Å²) in [5.74, 6) is -0.622.